The molecule has 0 aromatic rings. The number of hydrogen-bond acceptors (Lipinski definition) is 2. The van der Waals surface area contributed by atoms with Crippen molar-refractivity contribution in [2.24, 2.45) is 0 Å². The molecule has 0 aromatic carbocycles. The largest absolute Gasteiger partial charge is 0.374 e. The van der Waals surface area contributed by atoms with E-state index in [0.717, 1.165) is 12.8 Å². The smallest absolute Gasteiger partial charge is 0.149 e. The Hall–Kier alpha value is 0.530. The number of thioether (sulfide) groups is 1. The minimum absolute atomic E-state index is 0. The van der Waals surface area contributed by atoms with Crippen LogP contribution >= 0.6 is 11.8 Å². The van der Waals surface area contributed by atoms with Gasteiger partial charge in [-0.1, -0.05) is 24.3 Å². The summed E-state index contributed by atoms with van der Waals surface area (Å²) in [6.07, 6.45) is 11.3. The molecule has 3 heteroatoms. The summed E-state index contributed by atoms with van der Waals surface area (Å²) in [5, 5.41) is 10.2. The Labute approximate surface area is 125 Å². The van der Waals surface area contributed by atoms with E-state index in [1.54, 1.807) is 11.8 Å². The molecule has 2 unspecified atom stereocenters. The molecular formula is C12H14CaOS. The first kappa shape index (κ1) is 13.6. The second kappa shape index (κ2) is 4.80. The molecule has 1 aliphatic carbocycles. The summed E-state index contributed by atoms with van der Waals surface area (Å²) in [7, 11) is 0. The van der Waals surface area contributed by atoms with Gasteiger partial charge in [0.1, 0.15) is 4.93 Å². The van der Waals surface area contributed by atoms with Gasteiger partial charge in [0.25, 0.3) is 0 Å². The summed E-state index contributed by atoms with van der Waals surface area (Å²) in [6, 6.07) is 0. The molecule has 1 heterocycles. The molecule has 0 spiro atoms. The van der Waals surface area contributed by atoms with E-state index < -0.39 is 4.93 Å². The van der Waals surface area contributed by atoms with Crippen molar-refractivity contribution in [2.75, 3.05) is 0 Å². The maximum absolute atomic E-state index is 10.2. The van der Waals surface area contributed by atoms with Gasteiger partial charge in [-0.05, 0) is 24.5 Å². The van der Waals surface area contributed by atoms with Crippen molar-refractivity contribution < 1.29 is 5.11 Å². The fourth-order valence-corrected chi connectivity index (χ4v) is 3.44. The predicted octanol–water partition coefficient (Wildman–Crippen LogP) is 2.43. The molecular weight excluding hydrogens is 232 g/mol. The Morgan fingerprint density at radius 3 is 2.73 bits per heavy atom. The predicted molar refractivity (Wildman–Crippen MR) is 67.9 cm³/mol. The van der Waals surface area contributed by atoms with Crippen LogP contribution in [-0.4, -0.2) is 52.5 Å². The van der Waals surface area contributed by atoms with Crippen molar-refractivity contribution in [1.82, 2.24) is 0 Å². The first-order valence-electron chi connectivity index (χ1n) is 4.72. The Balaban J connectivity index is 0.00000112. The topological polar surface area (TPSA) is 20.2 Å². The fourth-order valence-electron chi connectivity index (χ4n) is 2.04. The van der Waals surface area contributed by atoms with E-state index in [2.05, 4.69) is 19.2 Å². The Bertz CT molecular complexity index is 348. The zero-order chi connectivity index (χ0) is 10.2. The summed E-state index contributed by atoms with van der Waals surface area (Å²) in [5.74, 6) is 0. The average molecular weight is 246 g/mol. The van der Waals surface area contributed by atoms with Crippen molar-refractivity contribution in [3.05, 3.63) is 49.1 Å². The number of rotatable bonds is 4. The van der Waals surface area contributed by atoms with Crippen molar-refractivity contribution >= 4 is 49.5 Å². The standard InChI is InChI=1S/C12H14OS.Ca/c1-3-6-10-7-5-9-12(13)11(10,14-12)8-4-2;/h3-5,7,9,13H,1-2,6,8H2;. The van der Waals surface area contributed by atoms with E-state index in [9.17, 15) is 5.11 Å². The molecule has 1 N–H and O–H groups in total. The molecule has 15 heavy (non-hydrogen) atoms. The molecule has 76 valence electrons. The number of allylic oxidation sites excluding steroid dienone is 4. The maximum atomic E-state index is 10.2. The van der Waals surface area contributed by atoms with Gasteiger partial charge in [0.2, 0.25) is 0 Å². The van der Waals surface area contributed by atoms with Crippen LogP contribution in [0.3, 0.4) is 0 Å². The number of aliphatic hydroxyl groups is 1. The average Bonchev–Trinajstić information content (AvgIpc) is 2.74. The Morgan fingerprint density at radius 2 is 2.13 bits per heavy atom. The van der Waals surface area contributed by atoms with E-state index in [1.165, 1.54) is 5.57 Å². The van der Waals surface area contributed by atoms with Crippen LogP contribution in [-0.2, 0) is 0 Å². The van der Waals surface area contributed by atoms with Crippen LogP contribution < -0.4 is 0 Å². The molecule has 2 radical (unpaired) electrons. The molecule has 0 aromatic heterocycles. The maximum Gasteiger partial charge on any atom is 0.149 e. The third kappa shape index (κ3) is 2.03. The van der Waals surface area contributed by atoms with Crippen LogP contribution in [0.4, 0.5) is 0 Å². The molecule has 1 saturated heterocycles. The zero-order valence-electron chi connectivity index (χ0n) is 8.78. The van der Waals surface area contributed by atoms with E-state index in [-0.39, 0.29) is 42.5 Å². The van der Waals surface area contributed by atoms with E-state index in [0.29, 0.717) is 0 Å². The van der Waals surface area contributed by atoms with Crippen LogP contribution in [0, 0.1) is 0 Å². The monoisotopic (exact) mass is 246 g/mol. The number of fused-ring (bicyclic) bond motifs is 1. The molecule has 1 nitrogen and oxygen atoms in total. The molecule has 0 bridgehead atoms. The van der Waals surface area contributed by atoms with E-state index in [1.807, 2.05) is 24.3 Å². The van der Waals surface area contributed by atoms with Crippen molar-refractivity contribution in [3.8, 4) is 0 Å². The quantitative estimate of drug-likeness (QED) is 0.467. The van der Waals surface area contributed by atoms with Gasteiger partial charge in [-0.3, -0.25) is 0 Å². The molecule has 2 atom stereocenters. The Morgan fingerprint density at radius 1 is 1.40 bits per heavy atom. The zero-order valence-corrected chi connectivity index (χ0v) is 11.8. The first-order valence-corrected chi connectivity index (χ1v) is 5.53. The second-order valence-electron chi connectivity index (χ2n) is 3.66. The van der Waals surface area contributed by atoms with E-state index in [4.69, 9.17) is 0 Å². The van der Waals surface area contributed by atoms with Gasteiger partial charge in [0.15, 0.2) is 0 Å². The minimum atomic E-state index is -0.686. The van der Waals surface area contributed by atoms with Crippen LogP contribution in [0.2, 0.25) is 0 Å². The molecule has 0 amide bonds. The van der Waals surface area contributed by atoms with Gasteiger partial charge in [-0.2, -0.15) is 0 Å². The fraction of sp³-hybridized carbons (Fsp3) is 0.333. The van der Waals surface area contributed by atoms with Gasteiger partial charge in [0, 0.05) is 37.7 Å². The van der Waals surface area contributed by atoms with Crippen LogP contribution in [0.1, 0.15) is 12.8 Å². The molecule has 2 rings (SSSR count). The molecule has 1 aliphatic heterocycles. The van der Waals surface area contributed by atoms with Crippen molar-refractivity contribution in [3.63, 3.8) is 0 Å². The van der Waals surface area contributed by atoms with Gasteiger partial charge >= 0.3 is 0 Å². The third-order valence-electron chi connectivity index (χ3n) is 2.80. The summed E-state index contributed by atoms with van der Waals surface area (Å²) in [4.78, 5) is -0.686. The minimum Gasteiger partial charge on any atom is -0.374 e. The van der Waals surface area contributed by atoms with Crippen molar-refractivity contribution in [2.45, 2.75) is 22.5 Å². The summed E-state index contributed by atoms with van der Waals surface area (Å²) >= 11 is 1.60. The normalized spacial score (nSPS) is 35.9. The first-order chi connectivity index (χ1) is 6.68. The molecule has 0 saturated carbocycles. The van der Waals surface area contributed by atoms with Gasteiger partial charge in [0.05, 0.1) is 4.75 Å². The van der Waals surface area contributed by atoms with Gasteiger partial charge in [-0.25, -0.2) is 0 Å². The van der Waals surface area contributed by atoms with Crippen molar-refractivity contribution in [1.29, 1.82) is 0 Å². The Kier molecular flexibility index (Phi) is 4.35. The summed E-state index contributed by atoms with van der Waals surface area (Å²) < 4.78 is -0.141. The van der Waals surface area contributed by atoms with Crippen LogP contribution in [0.25, 0.3) is 0 Å². The van der Waals surface area contributed by atoms with Gasteiger partial charge in [-0.15, -0.1) is 24.9 Å². The van der Waals surface area contributed by atoms with Crippen LogP contribution in [0.15, 0.2) is 49.1 Å². The van der Waals surface area contributed by atoms with E-state index >= 15 is 0 Å². The third-order valence-corrected chi connectivity index (χ3v) is 4.48. The summed E-state index contributed by atoms with van der Waals surface area (Å²) in [6.45, 7) is 7.49. The summed E-state index contributed by atoms with van der Waals surface area (Å²) in [5.41, 5.74) is 1.25. The molecule has 1 fully saturated rings. The number of hydrogen-bond donors (Lipinski definition) is 1. The second-order valence-corrected chi connectivity index (χ2v) is 5.19. The van der Waals surface area contributed by atoms with Crippen LogP contribution in [0.5, 0.6) is 0 Å². The SMILES string of the molecule is C=CCC1=CC=CC2(O)SC12CC=C.[Ca]. The molecule has 2 aliphatic rings. The van der Waals surface area contributed by atoms with Gasteiger partial charge < -0.3 is 5.11 Å².